The molecule has 17 nitrogen and oxygen atoms in total. The number of carbonyl (C=O) groups excluding carboxylic acids is 2. The summed E-state index contributed by atoms with van der Waals surface area (Å²) in [5, 5.41) is 41.0. The molecule has 4 aromatic rings. The SMILES string of the molecule is CCCCCCN(CCCN[C@@H](CCc1ccc(CCCCN=C(N)NC(=O)c2nc(Cl)c(N)nc2N)c2ccccc12)C(N)=O)C[C@H](O)[C@@H](O)[C@@H]1OC(c2ccccc2)OC[C@H]1O. The molecule has 1 aliphatic rings. The Bertz CT molecular complexity index is 2130. The molecule has 1 saturated heterocycles. The number of nitrogens with zero attached hydrogens (tertiary/aromatic N) is 4. The highest BCUT2D eigenvalue weighted by molar-refractivity contribution is 6.31. The third-order valence-corrected chi connectivity index (χ3v) is 11.6. The third kappa shape index (κ3) is 14.8. The predicted molar refractivity (Wildman–Crippen MR) is 249 cm³/mol. The molecule has 1 fully saturated rings. The van der Waals surface area contributed by atoms with Gasteiger partial charge in [-0.25, -0.2) is 9.97 Å². The lowest BCUT2D eigenvalue weighted by molar-refractivity contribution is -0.283. The van der Waals surface area contributed by atoms with Gasteiger partial charge in [0.25, 0.3) is 5.91 Å². The number of nitrogens with one attached hydrogen (secondary N) is 2. The zero-order chi connectivity index (χ0) is 46.0. The fraction of sp³-hybridized carbons (Fsp3) is 0.500. The van der Waals surface area contributed by atoms with E-state index in [1.54, 1.807) is 0 Å². The van der Waals surface area contributed by atoms with Crippen LogP contribution in [-0.4, -0.2) is 118 Å². The van der Waals surface area contributed by atoms with Crippen molar-refractivity contribution in [2.45, 2.75) is 108 Å². The van der Waals surface area contributed by atoms with Crippen molar-refractivity contribution >= 4 is 51.8 Å². The smallest absolute Gasteiger partial charge is 0.280 e. The van der Waals surface area contributed by atoms with Crippen LogP contribution in [0.15, 0.2) is 71.7 Å². The first-order valence-corrected chi connectivity index (χ1v) is 22.5. The van der Waals surface area contributed by atoms with Crippen LogP contribution in [0, 0.1) is 0 Å². The number of anilines is 2. The van der Waals surface area contributed by atoms with Gasteiger partial charge in [-0.15, -0.1) is 0 Å². The van der Waals surface area contributed by atoms with Gasteiger partial charge in [-0.2, -0.15) is 0 Å². The van der Waals surface area contributed by atoms with Gasteiger partial charge in [-0.1, -0.05) is 105 Å². The minimum atomic E-state index is -1.33. The summed E-state index contributed by atoms with van der Waals surface area (Å²) in [6.07, 6.45) is 2.99. The lowest BCUT2D eigenvalue weighted by atomic mass is 9.93. The molecule has 0 bridgehead atoms. The first kappa shape index (κ1) is 50.0. The number of benzene rings is 3. The fourth-order valence-electron chi connectivity index (χ4n) is 7.83. The number of hydrogen-bond donors (Lipinski definition) is 9. The minimum absolute atomic E-state index is 0.0266. The molecule has 1 unspecified atom stereocenters. The molecule has 13 N–H and O–H groups in total. The van der Waals surface area contributed by atoms with E-state index in [9.17, 15) is 24.9 Å². The van der Waals surface area contributed by atoms with Crippen molar-refractivity contribution in [1.82, 2.24) is 25.5 Å². The number of ether oxygens (including phenoxy) is 2. The van der Waals surface area contributed by atoms with Crippen LogP contribution in [0.2, 0.25) is 5.15 Å². The zero-order valence-corrected chi connectivity index (χ0v) is 37.3. The second-order valence-electron chi connectivity index (χ2n) is 16.2. The van der Waals surface area contributed by atoms with Crippen LogP contribution >= 0.6 is 11.6 Å². The monoisotopic (exact) mass is 904 g/mol. The summed E-state index contributed by atoms with van der Waals surface area (Å²) in [5.41, 5.74) is 26.0. The molecule has 18 heteroatoms. The standard InChI is InChI=1S/C46H65ClN10O7/c1-2-3-4-12-25-57(27-35(58)38(60)39-36(59)28-63-45(64-39)31-15-6-5-7-16-31)26-13-24-52-34(43(50)61)22-21-30-20-19-29(32-17-8-9-18-33(30)32)14-10-11-23-53-46(51)56-44(62)37-41(48)55-42(49)40(47)54-37/h5-9,15-20,34-36,38-39,45,52,58-60H,2-4,10-14,21-28H2,1H3,(H2,50,61)(H4,48,49,55)(H3,51,53,56,62)/t34-,35-,36+,38+,39+,45?/m0/s1. The van der Waals surface area contributed by atoms with Gasteiger partial charge in [0.15, 0.2) is 34.7 Å². The molecule has 1 aliphatic heterocycles. The van der Waals surface area contributed by atoms with E-state index < -0.39 is 48.6 Å². The summed E-state index contributed by atoms with van der Waals surface area (Å²) in [5.74, 6) is -1.45. The Morgan fingerprint density at radius 2 is 1.58 bits per heavy atom. The normalized spacial score (nSPS) is 18.2. The van der Waals surface area contributed by atoms with Crippen LogP contribution in [0.4, 0.5) is 11.6 Å². The topological polar surface area (TPSA) is 283 Å². The largest absolute Gasteiger partial charge is 0.389 e. The Kier molecular flexibility index (Phi) is 19.9. The molecular formula is C46H65ClN10O7. The number of aliphatic imine (C=N–C) groups is 1. The summed E-state index contributed by atoms with van der Waals surface area (Å²) >= 11 is 5.88. The zero-order valence-electron chi connectivity index (χ0n) is 36.6. The van der Waals surface area contributed by atoms with Gasteiger partial charge >= 0.3 is 0 Å². The molecule has 2 amide bonds. The number of aromatic nitrogens is 2. The Balaban J connectivity index is 1.09. The molecule has 348 valence electrons. The van der Waals surface area contributed by atoms with E-state index in [0.29, 0.717) is 38.9 Å². The number of aryl methyl sites for hydroxylation is 2. The van der Waals surface area contributed by atoms with Crippen LogP contribution in [-0.2, 0) is 27.1 Å². The molecule has 64 heavy (non-hydrogen) atoms. The van der Waals surface area contributed by atoms with Crippen molar-refractivity contribution in [3.8, 4) is 0 Å². The molecule has 1 aromatic heterocycles. The van der Waals surface area contributed by atoms with Gasteiger partial charge in [-0.3, -0.25) is 19.9 Å². The van der Waals surface area contributed by atoms with Crippen LogP contribution in [0.1, 0.15) is 91.8 Å². The van der Waals surface area contributed by atoms with Crippen LogP contribution in [0.5, 0.6) is 0 Å². The van der Waals surface area contributed by atoms with E-state index in [2.05, 4.69) is 61.7 Å². The number of fused-ring (bicyclic) bond motifs is 1. The number of hydrogen-bond acceptors (Lipinski definition) is 14. The number of rotatable bonds is 25. The quantitative estimate of drug-likeness (QED) is 0.0262. The lowest BCUT2D eigenvalue weighted by Gasteiger charge is -2.38. The van der Waals surface area contributed by atoms with Crippen molar-refractivity contribution < 1.29 is 34.4 Å². The van der Waals surface area contributed by atoms with E-state index in [0.717, 1.165) is 73.4 Å². The molecule has 0 saturated carbocycles. The molecule has 0 radical (unpaired) electrons. The van der Waals surface area contributed by atoms with E-state index in [1.807, 2.05) is 42.5 Å². The van der Waals surface area contributed by atoms with Gasteiger partial charge < -0.3 is 57.9 Å². The van der Waals surface area contributed by atoms with E-state index in [1.165, 1.54) is 5.56 Å². The molecule has 6 atom stereocenters. The number of primary amides is 1. The molecule has 0 aliphatic carbocycles. The van der Waals surface area contributed by atoms with Crippen LogP contribution in [0.25, 0.3) is 10.8 Å². The summed E-state index contributed by atoms with van der Waals surface area (Å²) in [6, 6.07) is 21.2. The number of carbonyl (C=O) groups is 2. The van der Waals surface area contributed by atoms with Gasteiger partial charge in [0, 0.05) is 18.7 Å². The first-order valence-electron chi connectivity index (χ1n) is 22.2. The maximum Gasteiger partial charge on any atom is 0.280 e. The van der Waals surface area contributed by atoms with Gasteiger partial charge in [0.05, 0.1) is 18.8 Å². The maximum absolute atomic E-state index is 12.6. The number of guanidine groups is 1. The first-order chi connectivity index (χ1) is 30.9. The highest BCUT2D eigenvalue weighted by atomic mass is 35.5. The van der Waals surface area contributed by atoms with Gasteiger partial charge in [0.1, 0.15) is 18.3 Å². The summed E-state index contributed by atoms with van der Waals surface area (Å²) < 4.78 is 11.6. The highest BCUT2D eigenvalue weighted by Gasteiger charge is 2.39. The summed E-state index contributed by atoms with van der Waals surface area (Å²) in [6.45, 7) is 4.58. The summed E-state index contributed by atoms with van der Waals surface area (Å²) in [4.78, 5) is 39.2. The van der Waals surface area contributed by atoms with E-state index in [4.69, 9.17) is 44.0 Å². The number of aliphatic hydroxyl groups excluding tert-OH is 3. The maximum atomic E-state index is 12.6. The lowest BCUT2D eigenvalue weighted by Crippen LogP contribution is -2.54. The predicted octanol–water partition coefficient (Wildman–Crippen LogP) is 3.36. The summed E-state index contributed by atoms with van der Waals surface area (Å²) in [7, 11) is 0. The average molecular weight is 906 g/mol. The van der Waals surface area contributed by atoms with Crippen molar-refractivity contribution in [2.75, 3.05) is 50.8 Å². The minimum Gasteiger partial charge on any atom is -0.389 e. The van der Waals surface area contributed by atoms with Gasteiger partial charge in [0.2, 0.25) is 5.91 Å². The molecule has 0 spiro atoms. The van der Waals surface area contributed by atoms with Gasteiger partial charge in [-0.05, 0) is 86.5 Å². The second-order valence-corrected chi connectivity index (χ2v) is 16.6. The molecule has 3 aromatic carbocycles. The number of unbranched alkanes of at least 4 members (excludes halogenated alkanes) is 4. The van der Waals surface area contributed by atoms with Crippen LogP contribution < -0.4 is 33.6 Å². The Labute approximate surface area is 379 Å². The van der Waals surface area contributed by atoms with Crippen molar-refractivity contribution in [2.24, 2.45) is 16.5 Å². The van der Waals surface area contributed by atoms with Crippen molar-refractivity contribution in [3.63, 3.8) is 0 Å². The average Bonchev–Trinajstić information content (AvgIpc) is 3.28. The molecule has 5 rings (SSSR count). The Hall–Kier alpha value is -4.98. The number of nitrogen functional groups attached to an aromatic ring is 2. The molecule has 2 heterocycles. The molecular weight excluding hydrogens is 840 g/mol. The number of halogens is 1. The van der Waals surface area contributed by atoms with E-state index >= 15 is 0 Å². The van der Waals surface area contributed by atoms with Crippen LogP contribution in [0.3, 0.4) is 0 Å². The van der Waals surface area contributed by atoms with Crippen molar-refractivity contribution in [1.29, 1.82) is 0 Å². The van der Waals surface area contributed by atoms with E-state index in [-0.39, 0.29) is 41.6 Å². The highest BCUT2D eigenvalue weighted by Crippen LogP contribution is 2.29. The van der Waals surface area contributed by atoms with Crippen molar-refractivity contribution in [3.05, 3.63) is 94.3 Å². The Morgan fingerprint density at radius 1 is 0.891 bits per heavy atom. The number of nitrogens with two attached hydrogens (primary N) is 4. The number of amides is 2. The fourth-order valence-corrected chi connectivity index (χ4v) is 7.96. The second kappa shape index (κ2) is 25.5. The number of aliphatic hydroxyl groups is 3. The Morgan fingerprint density at radius 3 is 2.28 bits per heavy atom. The third-order valence-electron chi connectivity index (χ3n) is 11.3.